The zero-order valence-electron chi connectivity index (χ0n) is 16.5. The number of hydrogen-bond acceptors (Lipinski definition) is 7. The highest BCUT2D eigenvalue weighted by Gasteiger charge is 2.14. The lowest BCUT2D eigenvalue weighted by atomic mass is 10.1. The summed E-state index contributed by atoms with van der Waals surface area (Å²) in [5.74, 6) is 0.602. The first-order chi connectivity index (χ1) is 14.5. The molecule has 154 valence electrons. The van der Waals surface area contributed by atoms with Crippen LogP contribution in [0.25, 0.3) is 11.4 Å². The minimum absolute atomic E-state index is 0.00175. The van der Waals surface area contributed by atoms with Gasteiger partial charge in [-0.1, -0.05) is 42.1 Å². The summed E-state index contributed by atoms with van der Waals surface area (Å²) in [5, 5.41) is 23.9. The monoisotopic (exact) mass is 424 g/mol. The first kappa shape index (κ1) is 21.2. The van der Waals surface area contributed by atoms with Gasteiger partial charge >= 0.3 is 0 Å². The second kappa shape index (κ2) is 9.79. The number of carbonyl (C=O) groups is 1. The molecule has 1 aromatic heterocycles. The van der Waals surface area contributed by atoms with E-state index in [1.807, 2.05) is 41.8 Å². The Labute approximate surface area is 177 Å². The Bertz CT molecular complexity index is 1060. The van der Waals surface area contributed by atoms with Crippen LogP contribution in [0.5, 0.6) is 0 Å². The van der Waals surface area contributed by atoms with Crippen LogP contribution in [0, 0.1) is 10.1 Å². The third kappa shape index (κ3) is 5.09. The van der Waals surface area contributed by atoms with Crippen LogP contribution in [0.4, 0.5) is 5.69 Å². The Morgan fingerprint density at radius 2 is 1.87 bits per heavy atom. The van der Waals surface area contributed by atoms with E-state index < -0.39 is 4.92 Å². The third-order valence-electron chi connectivity index (χ3n) is 4.24. The number of nitro benzene ring substituents is 1. The summed E-state index contributed by atoms with van der Waals surface area (Å²) >= 11 is 1.28. The quantitative estimate of drug-likeness (QED) is 0.256. The molecule has 0 aliphatic rings. The van der Waals surface area contributed by atoms with E-state index in [-0.39, 0.29) is 17.3 Å². The Kier molecular flexibility index (Phi) is 6.91. The summed E-state index contributed by atoms with van der Waals surface area (Å²) in [6, 6.07) is 15.7. The molecule has 0 saturated carbocycles. The second-order valence-electron chi connectivity index (χ2n) is 6.24. The van der Waals surface area contributed by atoms with Crippen molar-refractivity contribution in [1.82, 2.24) is 20.2 Å². The topological polar surface area (TPSA) is 115 Å². The van der Waals surface area contributed by atoms with Gasteiger partial charge in [-0.15, -0.1) is 10.2 Å². The van der Waals surface area contributed by atoms with Gasteiger partial charge < -0.3 is 4.57 Å². The van der Waals surface area contributed by atoms with Crippen LogP contribution in [0.15, 0.2) is 64.9 Å². The van der Waals surface area contributed by atoms with Gasteiger partial charge in [0, 0.05) is 24.2 Å². The summed E-state index contributed by atoms with van der Waals surface area (Å²) in [6.07, 6.45) is 0. The Morgan fingerprint density at radius 3 is 2.50 bits per heavy atom. The SMILES string of the molecule is CCn1c(SCC(=O)N/N=C(/C)c2ccc([N+](=O)[O-])cc2)nnc1-c1ccccc1. The van der Waals surface area contributed by atoms with Crippen molar-refractivity contribution in [3.63, 3.8) is 0 Å². The summed E-state index contributed by atoms with van der Waals surface area (Å²) in [6.45, 7) is 4.39. The average Bonchev–Trinajstić information content (AvgIpc) is 3.19. The maximum Gasteiger partial charge on any atom is 0.269 e. The van der Waals surface area contributed by atoms with Crippen molar-refractivity contribution in [2.24, 2.45) is 5.10 Å². The van der Waals surface area contributed by atoms with Crippen LogP contribution in [-0.2, 0) is 11.3 Å². The van der Waals surface area contributed by atoms with Crippen LogP contribution in [0.2, 0.25) is 0 Å². The molecule has 0 bridgehead atoms. The fourth-order valence-corrected chi connectivity index (χ4v) is 3.47. The van der Waals surface area contributed by atoms with Gasteiger partial charge in [0.25, 0.3) is 11.6 Å². The van der Waals surface area contributed by atoms with E-state index in [4.69, 9.17) is 0 Å². The van der Waals surface area contributed by atoms with Crippen molar-refractivity contribution in [2.45, 2.75) is 25.5 Å². The molecule has 1 N–H and O–H groups in total. The van der Waals surface area contributed by atoms with Crippen molar-refractivity contribution < 1.29 is 9.72 Å². The standard InChI is InChI=1S/C20H20N6O3S/c1-3-25-19(16-7-5-4-6-8-16)23-24-20(25)30-13-18(27)22-21-14(2)15-9-11-17(12-10-15)26(28)29/h4-12H,3,13H2,1-2H3,(H,22,27)/b21-14-. The first-order valence-corrected chi connectivity index (χ1v) is 10.2. The predicted molar refractivity (Wildman–Crippen MR) is 115 cm³/mol. The van der Waals surface area contributed by atoms with E-state index in [1.165, 1.54) is 23.9 Å². The molecule has 0 unspecified atom stereocenters. The third-order valence-corrected chi connectivity index (χ3v) is 5.21. The average molecular weight is 424 g/mol. The number of hydrogen-bond donors (Lipinski definition) is 1. The minimum Gasteiger partial charge on any atom is -0.302 e. The molecule has 3 rings (SSSR count). The lowest BCUT2D eigenvalue weighted by Gasteiger charge is -2.07. The molecule has 0 fully saturated rings. The fourth-order valence-electron chi connectivity index (χ4n) is 2.68. The molecule has 10 heteroatoms. The number of nitrogens with one attached hydrogen (secondary N) is 1. The lowest BCUT2D eigenvalue weighted by Crippen LogP contribution is -2.21. The van der Waals surface area contributed by atoms with Crippen molar-refractivity contribution in [3.05, 3.63) is 70.3 Å². The highest BCUT2D eigenvalue weighted by atomic mass is 32.2. The van der Waals surface area contributed by atoms with Gasteiger partial charge in [-0.25, -0.2) is 5.43 Å². The molecule has 0 radical (unpaired) electrons. The second-order valence-corrected chi connectivity index (χ2v) is 7.18. The first-order valence-electron chi connectivity index (χ1n) is 9.19. The van der Waals surface area contributed by atoms with Crippen molar-refractivity contribution in [3.8, 4) is 11.4 Å². The molecule has 0 aliphatic carbocycles. The predicted octanol–water partition coefficient (Wildman–Crippen LogP) is 3.51. The van der Waals surface area contributed by atoms with Crippen molar-refractivity contribution >= 4 is 29.1 Å². The van der Waals surface area contributed by atoms with Gasteiger partial charge in [-0.05, 0) is 31.5 Å². The summed E-state index contributed by atoms with van der Waals surface area (Å²) in [5.41, 5.74) is 4.70. The maximum absolute atomic E-state index is 12.2. The highest BCUT2D eigenvalue weighted by Crippen LogP contribution is 2.23. The molecule has 9 nitrogen and oxygen atoms in total. The molecule has 0 saturated heterocycles. The van der Waals surface area contributed by atoms with Gasteiger partial charge in [-0.3, -0.25) is 14.9 Å². The van der Waals surface area contributed by atoms with Crippen molar-refractivity contribution in [2.75, 3.05) is 5.75 Å². The fraction of sp³-hybridized carbons (Fsp3) is 0.200. The van der Waals surface area contributed by atoms with Crippen LogP contribution in [0.1, 0.15) is 19.4 Å². The summed E-state index contributed by atoms with van der Waals surface area (Å²) < 4.78 is 1.96. The molecule has 0 aliphatic heterocycles. The number of rotatable bonds is 8. The van der Waals surface area contributed by atoms with E-state index in [9.17, 15) is 14.9 Å². The number of non-ortho nitro benzene ring substituents is 1. The van der Waals surface area contributed by atoms with E-state index in [0.717, 1.165) is 11.4 Å². The van der Waals surface area contributed by atoms with E-state index in [1.54, 1.807) is 19.1 Å². The number of amides is 1. The summed E-state index contributed by atoms with van der Waals surface area (Å²) in [7, 11) is 0. The van der Waals surface area contributed by atoms with Gasteiger partial charge in [-0.2, -0.15) is 5.10 Å². The van der Waals surface area contributed by atoms with Gasteiger partial charge in [0.1, 0.15) is 0 Å². The number of aromatic nitrogens is 3. The number of thioether (sulfide) groups is 1. The normalized spacial score (nSPS) is 11.3. The van der Waals surface area contributed by atoms with E-state index in [0.29, 0.717) is 23.0 Å². The molecule has 2 aromatic carbocycles. The molecule has 0 spiro atoms. The lowest BCUT2D eigenvalue weighted by molar-refractivity contribution is -0.384. The zero-order chi connectivity index (χ0) is 21.5. The Balaban J connectivity index is 1.60. The largest absolute Gasteiger partial charge is 0.302 e. The molecule has 0 atom stereocenters. The Hall–Kier alpha value is -3.53. The zero-order valence-corrected chi connectivity index (χ0v) is 17.3. The number of hydrazone groups is 1. The highest BCUT2D eigenvalue weighted by molar-refractivity contribution is 7.99. The van der Waals surface area contributed by atoms with E-state index >= 15 is 0 Å². The van der Waals surface area contributed by atoms with Gasteiger partial charge in [0.2, 0.25) is 0 Å². The molecule has 30 heavy (non-hydrogen) atoms. The molecular formula is C20H20N6O3S. The van der Waals surface area contributed by atoms with Crippen molar-refractivity contribution in [1.29, 1.82) is 0 Å². The molecule has 1 amide bonds. The minimum atomic E-state index is -0.465. The molecule has 3 aromatic rings. The van der Waals surface area contributed by atoms with Crippen LogP contribution >= 0.6 is 11.8 Å². The number of benzene rings is 2. The maximum atomic E-state index is 12.2. The number of nitro groups is 1. The van der Waals surface area contributed by atoms with Gasteiger partial charge in [0.15, 0.2) is 11.0 Å². The van der Waals surface area contributed by atoms with Crippen LogP contribution < -0.4 is 5.43 Å². The Morgan fingerprint density at radius 1 is 1.17 bits per heavy atom. The van der Waals surface area contributed by atoms with Crippen LogP contribution in [-0.4, -0.2) is 37.1 Å². The summed E-state index contributed by atoms with van der Waals surface area (Å²) in [4.78, 5) is 22.4. The van der Waals surface area contributed by atoms with E-state index in [2.05, 4.69) is 20.7 Å². The van der Waals surface area contributed by atoms with Crippen LogP contribution in [0.3, 0.4) is 0 Å². The smallest absolute Gasteiger partial charge is 0.269 e. The molecular weight excluding hydrogens is 404 g/mol. The number of carbonyl (C=O) groups excluding carboxylic acids is 1. The number of nitrogens with zero attached hydrogens (tertiary/aromatic N) is 5. The molecule has 1 heterocycles. The van der Waals surface area contributed by atoms with Gasteiger partial charge in [0.05, 0.1) is 16.4 Å².